The van der Waals surface area contributed by atoms with Crippen molar-refractivity contribution in [3.8, 4) is 12.3 Å². The third-order valence-corrected chi connectivity index (χ3v) is 3.21. The van der Waals surface area contributed by atoms with Crippen LogP contribution in [0.3, 0.4) is 0 Å². The molecule has 1 aliphatic carbocycles. The Labute approximate surface area is 86.2 Å². The van der Waals surface area contributed by atoms with Gasteiger partial charge < -0.3 is 5.73 Å². The van der Waals surface area contributed by atoms with Gasteiger partial charge in [0.05, 0.1) is 6.54 Å². The van der Waals surface area contributed by atoms with Crippen LogP contribution in [-0.4, -0.2) is 54.6 Å². The molecule has 0 aromatic rings. The first-order chi connectivity index (χ1) is 6.72. The van der Waals surface area contributed by atoms with Gasteiger partial charge in [0.1, 0.15) is 0 Å². The van der Waals surface area contributed by atoms with Crippen molar-refractivity contribution in [2.75, 3.05) is 39.3 Å². The Morgan fingerprint density at radius 1 is 1.14 bits per heavy atom. The number of hydrogen-bond donors (Lipinski definition) is 1. The standard InChI is InChI=1S/C11H19N3/c1-2-5-13-6-8-14(9-7-13)10-11(12)3-4-11/h1H,3-10,12H2. The fourth-order valence-electron chi connectivity index (χ4n) is 2.00. The molecule has 3 nitrogen and oxygen atoms in total. The second-order valence-corrected chi connectivity index (χ2v) is 4.62. The van der Waals surface area contributed by atoms with Crippen LogP contribution in [-0.2, 0) is 0 Å². The van der Waals surface area contributed by atoms with Gasteiger partial charge in [-0.3, -0.25) is 9.80 Å². The third kappa shape index (κ3) is 2.48. The van der Waals surface area contributed by atoms with E-state index in [1.165, 1.54) is 12.8 Å². The number of rotatable bonds is 3. The van der Waals surface area contributed by atoms with Crippen molar-refractivity contribution in [2.45, 2.75) is 18.4 Å². The highest BCUT2D eigenvalue weighted by Crippen LogP contribution is 2.32. The molecule has 1 saturated heterocycles. The first-order valence-corrected chi connectivity index (χ1v) is 5.39. The van der Waals surface area contributed by atoms with Crippen LogP contribution < -0.4 is 5.73 Å². The summed E-state index contributed by atoms with van der Waals surface area (Å²) in [7, 11) is 0. The summed E-state index contributed by atoms with van der Waals surface area (Å²) in [5.41, 5.74) is 6.24. The fourth-order valence-corrected chi connectivity index (χ4v) is 2.00. The van der Waals surface area contributed by atoms with E-state index in [0.717, 1.165) is 39.3 Å². The molecule has 0 aromatic heterocycles. The van der Waals surface area contributed by atoms with Crippen LogP contribution in [0.2, 0.25) is 0 Å². The molecule has 0 amide bonds. The fraction of sp³-hybridized carbons (Fsp3) is 0.818. The van der Waals surface area contributed by atoms with E-state index in [-0.39, 0.29) is 5.54 Å². The predicted molar refractivity (Wildman–Crippen MR) is 57.9 cm³/mol. The number of hydrogen-bond acceptors (Lipinski definition) is 3. The van der Waals surface area contributed by atoms with E-state index in [4.69, 9.17) is 12.2 Å². The Kier molecular flexibility index (Phi) is 2.78. The normalized spacial score (nSPS) is 27.1. The predicted octanol–water partition coefficient (Wildman–Crippen LogP) is -0.271. The van der Waals surface area contributed by atoms with E-state index in [0.29, 0.717) is 0 Å². The second-order valence-electron chi connectivity index (χ2n) is 4.62. The molecular formula is C11H19N3. The van der Waals surface area contributed by atoms with E-state index in [1.54, 1.807) is 0 Å². The third-order valence-electron chi connectivity index (χ3n) is 3.21. The van der Waals surface area contributed by atoms with Crippen LogP contribution in [0.15, 0.2) is 0 Å². The molecule has 78 valence electrons. The van der Waals surface area contributed by atoms with Gasteiger partial charge >= 0.3 is 0 Å². The molecule has 2 fully saturated rings. The summed E-state index contributed by atoms with van der Waals surface area (Å²) in [4.78, 5) is 4.80. The topological polar surface area (TPSA) is 32.5 Å². The molecule has 0 bridgehead atoms. The molecule has 1 saturated carbocycles. The molecule has 14 heavy (non-hydrogen) atoms. The van der Waals surface area contributed by atoms with Crippen molar-refractivity contribution in [3.05, 3.63) is 0 Å². The summed E-state index contributed by atoms with van der Waals surface area (Å²) in [6.07, 6.45) is 7.69. The monoisotopic (exact) mass is 193 g/mol. The van der Waals surface area contributed by atoms with E-state index in [9.17, 15) is 0 Å². The Balaban J connectivity index is 1.71. The quantitative estimate of drug-likeness (QED) is 0.626. The lowest BCUT2D eigenvalue weighted by Crippen LogP contribution is -2.50. The molecule has 0 spiro atoms. The van der Waals surface area contributed by atoms with Gasteiger partial charge in [-0.25, -0.2) is 0 Å². The minimum absolute atomic E-state index is 0.161. The SMILES string of the molecule is C#CCN1CCN(CC2(N)CC2)CC1. The highest BCUT2D eigenvalue weighted by molar-refractivity contribution is 5.01. The second kappa shape index (κ2) is 3.90. The summed E-state index contributed by atoms with van der Waals surface area (Å²) in [6.45, 7) is 6.32. The van der Waals surface area contributed by atoms with Gasteiger partial charge in [-0.15, -0.1) is 6.42 Å². The van der Waals surface area contributed by atoms with Gasteiger partial charge in [0.25, 0.3) is 0 Å². The maximum Gasteiger partial charge on any atom is 0.0599 e. The van der Waals surface area contributed by atoms with Gasteiger partial charge in [-0.05, 0) is 12.8 Å². The lowest BCUT2D eigenvalue weighted by molar-refractivity contribution is 0.135. The molecule has 2 N–H and O–H groups in total. The van der Waals surface area contributed by atoms with E-state index >= 15 is 0 Å². The Morgan fingerprint density at radius 3 is 2.21 bits per heavy atom. The molecule has 0 unspecified atom stereocenters. The Bertz CT molecular complexity index is 231. The van der Waals surface area contributed by atoms with Crippen molar-refractivity contribution in [3.63, 3.8) is 0 Å². The van der Waals surface area contributed by atoms with Gasteiger partial charge in [-0.2, -0.15) is 0 Å². The van der Waals surface area contributed by atoms with Crippen LogP contribution in [0.5, 0.6) is 0 Å². The van der Waals surface area contributed by atoms with Crippen LogP contribution >= 0.6 is 0 Å². The average Bonchev–Trinajstić information content (AvgIpc) is 2.88. The smallest absolute Gasteiger partial charge is 0.0599 e. The van der Waals surface area contributed by atoms with E-state index in [1.807, 2.05) is 0 Å². The zero-order valence-electron chi connectivity index (χ0n) is 8.71. The van der Waals surface area contributed by atoms with Gasteiger partial charge in [0.2, 0.25) is 0 Å². The van der Waals surface area contributed by atoms with E-state index < -0.39 is 0 Å². The molecule has 0 atom stereocenters. The molecule has 1 aliphatic heterocycles. The van der Waals surface area contributed by atoms with Crippen LogP contribution in [0.25, 0.3) is 0 Å². The summed E-state index contributed by atoms with van der Waals surface area (Å²) in [5.74, 6) is 2.70. The molecule has 0 aromatic carbocycles. The zero-order chi connectivity index (χ0) is 10.0. The highest BCUT2D eigenvalue weighted by atomic mass is 15.3. The number of nitrogens with two attached hydrogens (primary N) is 1. The molecule has 3 heteroatoms. The minimum atomic E-state index is 0.161. The summed E-state index contributed by atoms with van der Waals surface area (Å²) >= 11 is 0. The van der Waals surface area contributed by atoms with Gasteiger partial charge in [0.15, 0.2) is 0 Å². The summed E-state index contributed by atoms with van der Waals surface area (Å²) in [5, 5.41) is 0. The van der Waals surface area contributed by atoms with Crippen molar-refractivity contribution < 1.29 is 0 Å². The molecule has 0 radical (unpaired) electrons. The first-order valence-electron chi connectivity index (χ1n) is 5.39. The maximum atomic E-state index is 6.08. The van der Waals surface area contributed by atoms with Gasteiger partial charge in [-0.1, -0.05) is 5.92 Å². The summed E-state index contributed by atoms with van der Waals surface area (Å²) < 4.78 is 0. The van der Waals surface area contributed by atoms with Gasteiger partial charge in [0, 0.05) is 38.3 Å². The summed E-state index contributed by atoms with van der Waals surface area (Å²) in [6, 6.07) is 0. The lowest BCUT2D eigenvalue weighted by Gasteiger charge is -2.35. The lowest BCUT2D eigenvalue weighted by atomic mass is 10.2. The number of nitrogens with zero attached hydrogens (tertiary/aromatic N) is 2. The maximum absolute atomic E-state index is 6.08. The van der Waals surface area contributed by atoms with Crippen molar-refractivity contribution >= 4 is 0 Å². The molecule has 2 aliphatic rings. The van der Waals surface area contributed by atoms with Crippen molar-refractivity contribution in [1.82, 2.24) is 9.80 Å². The Hall–Kier alpha value is -0.560. The van der Waals surface area contributed by atoms with Crippen LogP contribution in [0, 0.1) is 12.3 Å². The first kappa shape index (κ1) is 9.97. The zero-order valence-corrected chi connectivity index (χ0v) is 8.71. The highest BCUT2D eigenvalue weighted by Gasteiger charge is 2.39. The average molecular weight is 193 g/mol. The van der Waals surface area contributed by atoms with Crippen LogP contribution in [0.1, 0.15) is 12.8 Å². The number of terminal acetylenes is 1. The Morgan fingerprint density at radius 2 is 1.71 bits per heavy atom. The minimum Gasteiger partial charge on any atom is -0.324 e. The van der Waals surface area contributed by atoms with Crippen molar-refractivity contribution in [1.29, 1.82) is 0 Å². The van der Waals surface area contributed by atoms with Crippen LogP contribution in [0.4, 0.5) is 0 Å². The molecule has 1 heterocycles. The number of piperazine rings is 1. The molecular weight excluding hydrogens is 174 g/mol. The molecule has 2 rings (SSSR count). The van der Waals surface area contributed by atoms with Crippen molar-refractivity contribution in [2.24, 2.45) is 5.73 Å². The largest absolute Gasteiger partial charge is 0.324 e. The van der Waals surface area contributed by atoms with E-state index in [2.05, 4.69) is 15.7 Å².